The fraction of sp³-hybridized carbons (Fsp3) is 0.500. The minimum absolute atomic E-state index is 0.299. The highest BCUT2D eigenvalue weighted by Crippen LogP contribution is 2.36. The van der Waals surface area contributed by atoms with Gasteiger partial charge in [-0.3, -0.25) is 0 Å². The van der Waals surface area contributed by atoms with Crippen LogP contribution in [0.5, 0.6) is 0 Å². The van der Waals surface area contributed by atoms with Gasteiger partial charge in [-0.25, -0.2) is 9.59 Å². The van der Waals surface area contributed by atoms with Crippen molar-refractivity contribution in [1.29, 1.82) is 0 Å². The SMILES string of the molecule is C=C1C(=O)O[C@@H]2/C=C(/C)[C@@H](O)C/C=C(/C)C[C@H](OC(=O)/C(C)=C\C)[C@@H]12. The molecule has 1 heterocycles. The van der Waals surface area contributed by atoms with E-state index in [4.69, 9.17) is 9.47 Å². The zero-order chi connectivity index (χ0) is 18.7. The third-order valence-electron chi connectivity index (χ3n) is 4.84. The summed E-state index contributed by atoms with van der Waals surface area (Å²) in [6.45, 7) is 11.0. The Morgan fingerprint density at radius 3 is 2.76 bits per heavy atom. The fourth-order valence-corrected chi connectivity index (χ4v) is 3.04. The molecule has 25 heavy (non-hydrogen) atoms. The van der Waals surface area contributed by atoms with E-state index in [1.165, 1.54) is 0 Å². The molecule has 1 N–H and O–H groups in total. The quantitative estimate of drug-likeness (QED) is 0.473. The van der Waals surface area contributed by atoms with E-state index in [0.717, 1.165) is 11.1 Å². The molecule has 0 aromatic heterocycles. The van der Waals surface area contributed by atoms with E-state index in [0.29, 0.717) is 24.0 Å². The summed E-state index contributed by atoms with van der Waals surface area (Å²) in [6.07, 6.45) is 4.51. The van der Waals surface area contributed by atoms with Crippen LogP contribution in [0.1, 0.15) is 40.5 Å². The Bertz CT molecular complexity index is 668. The van der Waals surface area contributed by atoms with Crippen molar-refractivity contribution in [3.63, 3.8) is 0 Å². The number of fused-ring (bicyclic) bond motifs is 1. The number of esters is 2. The van der Waals surface area contributed by atoms with Crippen molar-refractivity contribution in [2.45, 2.75) is 58.8 Å². The van der Waals surface area contributed by atoms with Gasteiger partial charge in [-0.2, -0.15) is 0 Å². The van der Waals surface area contributed by atoms with Crippen LogP contribution in [-0.2, 0) is 19.1 Å². The lowest BCUT2D eigenvalue weighted by Crippen LogP contribution is -2.34. The number of aliphatic hydroxyl groups excluding tert-OH is 1. The van der Waals surface area contributed by atoms with Crippen molar-refractivity contribution in [3.05, 3.63) is 47.1 Å². The molecule has 5 heteroatoms. The summed E-state index contributed by atoms with van der Waals surface area (Å²) in [5, 5.41) is 10.2. The highest BCUT2D eigenvalue weighted by Gasteiger charge is 2.44. The normalized spacial score (nSPS) is 35.0. The van der Waals surface area contributed by atoms with Gasteiger partial charge >= 0.3 is 11.9 Å². The maximum atomic E-state index is 12.3. The molecule has 0 unspecified atom stereocenters. The Morgan fingerprint density at radius 2 is 2.12 bits per heavy atom. The van der Waals surface area contributed by atoms with E-state index < -0.39 is 36.2 Å². The molecule has 1 aliphatic heterocycles. The van der Waals surface area contributed by atoms with E-state index in [-0.39, 0.29) is 0 Å². The summed E-state index contributed by atoms with van der Waals surface area (Å²) < 4.78 is 11.1. The molecule has 136 valence electrons. The molecule has 1 fully saturated rings. The zero-order valence-electron chi connectivity index (χ0n) is 15.2. The lowest BCUT2D eigenvalue weighted by molar-refractivity contribution is -0.147. The predicted molar refractivity (Wildman–Crippen MR) is 94.6 cm³/mol. The number of aliphatic hydroxyl groups is 1. The lowest BCUT2D eigenvalue weighted by atomic mass is 9.85. The number of ether oxygens (including phenoxy) is 2. The van der Waals surface area contributed by atoms with Crippen molar-refractivity contribution >= 4 is 11.9 Å². The van der Waals surface area contributed by atoms with Crippen molar-refractivity contribution in [2.75, 3.05) is 0 Å². The van der Waals surface area contributed by atoms with Crippen molar-refractivity contribution < 1.29 is 24.2 Å². The Hall–Kier alpha value is -2.14. The maximum Gasteiger partial charge on any atom is 0.334 e. The van der Waals surface area contributed by atoms with Crippen LogP contribution in [0.3, 0.4) is 0 Å². The van der Waals surface area contributed by atoms with E-state index in [2.05, 4.69) is 6.58 Å². The summed E-state index contributed by atoms with van der Waals surface area (Å²) in [7, 11) is 0. The smallest absolute Gasteiger partial charge is 0.334 e. The van der Waals surface area contributed by atoms with Gasteiger partial charge in [0.2, 0.25) is 0 Å². The van der Waals surface area contributed by atoms with Crippen LogP contribution in [0.25, 0.3) is 0 Å². The molecule has 0 aromatic carbocycles. The average molecular weight is 346 g/mol. The summed E-state index contributed by atoms with van der Waals surface area (Å²) in [5.74, 6) is -1.37. The van der Waals surface area contributed by atoms with Crippen LogP contribution in [-0.4, -0.2) is 35.4 Å². The largest absolute Gasteiger partial charge is 0.458 e. The maximum absolute atomic E-state index is 12.3. The van der Waals surface area contributed by atoms with Crippen LogP contribution in [0.2, 0.25) is 0 Å². The van der Waals surface area contributed by atoms with Gasteiger partial charge in [0, 0.05) is 17.6 Å². The number of hydrogen-bond acceptors (Lipinski definition) is 5. The van der Waals surface area contributed by atoms with Gasteiger partial charge in [0.15, 0.2) is 0 Å². The number of hydrogen-bond donors (Lipinski definition) is 1. The number of carbonyl (C=O) groups excluding carboxylic acids is 2. The molecule has 0 saturated carbocycles. The molecule has 1 aliphatic carbocycles. The number of allylic oxidation sites excluding steroid dienone is 1. The monoisotopic (exact) mass is 346 g/mol. The number of rotatable bonds is 2. The Balaban J connectivity index is 2.42. The van der Waals surface area contributed by atoms with E-state index in [1.807, 2.05) is 13.0 Å². The first-order chi connectivity index (χ1) is 11.7. The van der Waals surface area contributed by atoms with Crippen LogP contribution >= 0.6 is 0 Å². The highest BCUT2D eigenvalue weighted by atomic mass is 16.6. The molecule has 2 rings (SSSR count). The summed E-state index contributed by atoms with van der Waals surface area (Å²) >= 11 is 0. The Labute approximate surface area is 148 Å². The van der Waals surface area contributed by atoms with E-state index in [9.17, 15) is 14.7 Å². The topological polar surface area (TPSA) is 72.8 Å². The summed E-state index contributed by atoms with van der Waals surface area (Å²) in [5.41, 5.74) is 2.51. The first-order valence-electron chi connectivity index (χ1n) is 8.50. The van der Waals surface area contributed by atoms with Crippen LogP contribution in [0, 0.1) is 5.92 Å². The van der Waals surface area contributed by atoms with Gasteiger partial charge in [0.05, 0.1) is 12.0 Å². The molecule has 0 bridgehead atoms. The van der Waals surface area contributed by atoms with E-state index in [1.54, 1.807) is 32.9 Å². The van der Waals surface area contributed by atoms with Crippen molar-refractivity contribution in [3.8, 4) is 0 Å². The molecular formula is C20H26O5. The summed E-state index contributed by atoms with van der Waals surface area (Å²) in [6, 6.07) is 0. The van der Waals surface area contributed by atoms with Crippen LogP contribution in [0.4, 0.5) is 0 Å². The average Bonchev–Trinajstić information content (AvgIpc) is 2.84. The van der Waals surface area contributed by atoms with Gasteiger partial charge in [0.1, 0.15) is 12.2 Å². The van der Waals surface area contributed by atoms with Gasteiger partial charge < -0.3 is 14.6 Å². The fourth-order valence-electron chi connectivity index (χ4n) is 3.04. The molecule has 4 atom stereocenters. The molecule has 0 radical (unpaired) electrons. The molecule has 5 nitrogen and oxygen atoms in total. The Kier molecular flexibility index (Phi) is 6.01. The van der Waals surface area contributed by atoms with Gasteiger partial charge in [-0.05, 0) is 45.8 Å². The molecule has 2 aliphatic rings. The second kappa shape index (κ2) is 7.83. The highest BCUT2D eigenvalue weighted by molar-refractivity contribution is 5.92. The number of carbonyl (C=O) groups is 2. The second-order valence-electron chi connectivity index (χ2n) is 6.75. The van der Waals surface area contributed by atoms with Crippen molar-refractivity contribution in [1.82, 2.24) is 0 Å². The van der Waals surface area contributed by atoms with Gasteiger partial charge in [-0.1, -0.05) is 24.3 Å². The molecular weight excluding hydrogens is 320 g/mol. The zero-order valence-corrected chi connectivity index (χ0v) is 15.2. The third kappa shape index (κ3) is 4.28. The standard InChI is InChI=1S/C20H26O5/c1-6-12(3)19(22)24-16-9-11(2)7-8-15(21)13(4)10-17-18(16)14(5)20(23)25-17/h6-7,10,15-18,21H,5,8-9H2,1-4H3/b11-7-,12-6-,13-10-/t15-,16-,17+,18+/m0/s1. The van der Waals surface area contributed by atoms with Gasteiger partial charge in [-0.15, -0.1) is 0 Å². The van der Waals surface area contributed by atoms with Gasteiger partial charge in [0.25, 0.3) is 0 Å². The Morgan fingerprint density at radius 1 is 1.44 bits per heavy atom. The van der Waals surface area contributed by atoms with Crippen LogP contribution < -0.4 is 0 Å². The first kappa shape index (κ1) is 19.2. The van der Waals surface area contributed by atoms with Crippen LogP contribution in [0.15, 0.2) is 47.1 Å². The minimum Gasteiger partial charge on any atom is -0.458 e. The van der Waals surface area contributed by atoms with E-state index >= 15 is 0 Å². The summed E-state index contributed by atoms with van der Waals surface area (Å²) in [4.78, 5) is 24.3. The molecule has 1 saturated heterocycles. The third-order valence-corrected chi connectivity index (χ3v) is 4.84. The lowest BCUT2D eigenvalue weighted by Gasteiger charge is -2.28. The molecule has 0 aromatic rings. The first-order valence-corrected chi connectivity index (χ1v) is 8.50. The second-order valence-corrected chi connectivity index (χ2v) is 6.75. The minimum atomic E-state index is -0.632. The molecule has 0 spiro atoms. The predicted octanol–water partition coefficient (Wildman–Crippen LogP) is 3.01. The molecule has 0 amide bonds. The van der Waals surface area contributed by atoms with Crippen molar-refractivity contribution in [2.24, 2.45) is 5.92 Å².